The second-order valence-electron chi connectivity index (χ2n) is 7.40. The molecule has 2 aromatic carbocycles. The smallest absolute Gasteiger partial charge is 0.466 e. The Balaban J connectivity index is 0.000000393. The maximum absolute atomic E-state index is 10.5. The maximum Gasteiger partial charge on any atom is 0.466 e. The molecule has 1 unspecified atom stereocenters. The number of phenols is 2. The van der Waals surface area contributed by atoms with E-state index >= 15 is 0 Å². The van der Waals surface area contributed by atoms with E-state index < -0.39 is 7.82 Å². The molecule has 0 saturated carbocycles. The van der Waals surface area contributed by atoms with Crippen LogP contribution in [-0.4, -0.2) is 46.5 Å². The van der Waals surface area contributed by atoms with Gasteiger partial charge in [-0.25, -0.2) is 4.57 Å². The number of nitrogens with zero attached hydrogens (tertiary/aromatic N) is 2. The van der Waals surface area contributed by atoms with Gasteiger partial charge in [-0.15, -0.1) is 0 Å². The molecule has 1 aromatic heterocycles. The zero-order valence-electron chi connectivity index (χ0n) is 15.9. The van der Waals surface area contributed by atoms with Gasteiger partial charge in [-0.1, -0.05) is 30.3 Å². The first kappa shape index (κ1) is 20.6. The molecule has 0 fully saturated rings. The van der Waals surface area contributed by atoms with Crippen molar-refractivity contribution in [3.05, 3.63) is 64.8 Å². The normalized spacial score (nSPS) is 17.5. The quantitative estimate of drug-likeness (QED) is 0.267. The molecular weight excluding hydrogens is 409 g/mol. The molecule has 2 heterocycles. The second-order valence-corrected chi connectivity index (χ2v) is 8.43. The van der Waals surface area contributed by atoms with Crippen molar-refractivity contribution in [2.75, 3.05) is 6.54 Å². The molecule has 3 aromatic rings. The average Bonchev–Trinajstić information content (AvgIpc) is 3.15. The molecule has 1 aliphatic carbocycles. The van der Waals surface area contributed by atoms with E-state index in [1.165, 1.54) is 5.56 Å². The molecule has 0 radical (unpaired) electrons. The van der Waals surface area contributed by atoms with E-state index in [1.54, 1.807) is 6.07 Å². The molecule has 0 amide bonds. The Morgan fingerprint density at radius 1 is 1.13 bits per heavy atom. The lowest BCUT2D eigenvalue weighted by molar-refractivity contribution is 0.173. The number of hydrogen-bond acceptors (Lipinski definition) is 5. The fourth-order valence-electron chi connectivity index (χ4n) is 4.30. The van der Waals surface area contributed by atoms with Crippen LogP contribution in [0.3, 0.4) is 0 Å². The number of aromatic amines is 1. The molecule has 158 valence electrons. The zero-order valence-corrected chi connectivity index (χ0v) is 16.8. The van der Waals surface area contributed by atoms with Crippen molar-refractivity contribution in [3.8, 4) is 22.8 Å². The third-order valence-electron chi connectivity index (χ3n) is 5.46. The van der Waals surface area contributed by atoms with E-state index in [0.717, 1.165) is 53.9 Å². The van der Waals surface area contributed by atoms with Crippen LogP contribution in [0.2, 0.25) is 0 Å². The predicted octanol–water partition coefficient (Wildman–Crippen LogP) is 2.21. The number of aromatic nitrogens is 2. The van der Waals surface area contributed by atoms with E-state index in [4.69, 9.17) is 19.2 Å². The van der Waals surface area contributed by atoms with Crippen molar-refractivity contribution >= 4 is 7.82 Å². The van der Waals surface area contributed by atoms with Gasteiger partial charge in [-0.3, -0.25) is 10.00 Å². The first-order valence-electron chi connectivity index (χ1n) is 9.39. The van der Waals surface area contributed by atoms with E-state index in [0.29, 0.717) is 0 Å². The number of aromatic hydroxyl groups is 2. The van der Waals surface area contributed by atoms with Crippen LogP contribution in [0.15, 0.2) is 42.6 Å². The highest BCUT2D eigenvalue weighted by atomic mass is 31.2. The minimum atomic E-state index is -4.64. The van der Waals surface area contributed by atoms with Gasteiger partial charge in [-0.05, 0) is 41.2 Å². The fourth-order valence-corrected chi connectivity index (χ4v) is 4.30. The molecule has 1 aliphatic heterocycles. The summed E-state index contributed by atoms with van der Waals surface area (Å²) in [6.45, 7) is 1.81. The third-order valence-corrected chi connectivity index (χ3v) is 5.46. The Kier molecular flexibility index (Phi) is 5.40. The number of H-pyrrole nitrogens is 1. The van der Waals surface area contributed by atoms with Gasteiger partial charge in [0.05, 0.1) is 17.5 Å². The SMILES string of the molecule is O=P(O)(O)O.Oc1cc2c3c(c1O)-c1[nH]ncc1CC3N(Cc1ccccc1)CC2. The maximum atomic E-state index is 10.5. The number of phenolic OH excluding ortho intramolecular Hbond substituents is 2. The zero-order chi connectivity index (χ0) is 21.5. The summed E-state index contributed by atoms with van der Waals surface area (Å²) in [6.07, 6.45) is 3.56. The Morgan fingerprint density at radius 2 is 1.83 bits per heavy atom. The number of hydrogen-bond donors (Lipinski definition) is 6. The first-order valence-corrected chi connectivity index (χ1v) is 11.0. The second kappa shape index (κ2) is 7.86. The highest BCUT2D eigenvalue weighted by Gasteiger charge is 2.37. The number of benzene rings is 2. The van der Waals surface area contributed by atoms with Crippen molar-refractivity contribution < 1.29 is 29.5 Å². The largest absolute Gasteiger partial charge is 0.504 e. The molecular formula is C20H22N3O6P. The van der Waals surface area contributed by atoms with Gasteiger partial charge in [0.2, 0.25) is 0 Å². The van der Waals surface area contributed by atoms with Crippen LogP contribution in [0.4, 0.5) is 0 Å². The standard InChI is InChI=1S/C20H19N3O2.H3O4P/c24-16-9-13-6-7-23(11-12-4-2-1-3-5-12)15-8-14-10-21-22-19(14)18(17(13)15)20(16)25;1-5(2,3)4/h1-5,9-10,15,24-25H,6-8,11H2,(H,21,22);(H3,1,2,3,4). The van der Waals surface area contributed by atoms with Gasteiger partial charge >= 0.3 is 7.82 Å². The molecule has 2 aliphatic rings. The Labute approximate surface area is 172 Å². The summed E-state index contributed by atoms with van der Waals surface area (Å²) in [4.78, 5) is 24.0. The highest BCUT2D eigenvalue weighted by molar-refractivity contribution is 7.45. The number of rotatable bonds is 2. The highest BCUT2D eigenvalue weighted by Crippen LogP contribution is 2.51. The lowest BCUT2D eigenvalue weighted by Gasteiger charge is -2.41. The van der Waals surface area contributed by atoms with Crippen LogP contribution >= 0.6 is 7.82 Å². The van der Waals surface area contributed by atoms with Crippen molar-refractivity contribution in [1.82, 2.24) is 15.1 Å². The van der Waals surface area contributed by atoms with Crippen molar-refractivity contribution in [2.24, 2.45) is 0 Å². The summed E-state index contributed by atoms with van der Waals surface area (Å²) >= 11 is 0. The van der Waals surface area contributed by atoms with Crippen molar-refractivity contribution in [3.63, 3.8) is 0 Å². The third kappa shape index (κ3) is 4.12. The van der Waals surface area contributed by atoms with E-state index in [1.807, 2.05) is 12.3 Å². The number of phosphoric acid groups is 1. The van der Waals surface area contributed by atoms with Crippen molar-refractivity contribution in [1.29, 1.82) is 0 Å². The van der Waals surface area contributed by atoms with Crippen LogP contribution in [0.5, 0.6) is 11.5 Å². The molecule has 0 saturated heterocycles. The van der Waals surface area contributed by atoms with E-state index in [9.17, 15) is 10.2 Å². The fraction of sp³-hybridized carbons (Fsp3) is 0.250. The van der Waals surface area contributed by atoms with Gasteiger partial charge in [0.1, 0.15) is 0 Å². The molecule has 10 heteroatoms. The van der Waals surface area contributed by atoms with Crippen LogP contribution in [0.1, 0.15) is 28.3 Å². The Bertz CT molecular complexity index is 1100. The Hall–Kier alpha value is -2.68. The molecule has 9 nitrogen and oxygen atoms in total. The molecule has 6 N–H and O–H groups in total. The van der Waals surface area contributed by atoms with Gasteiger partial charge in [0.25, 0.3) is 0 Å². The monoisotopic (exact) mass is 431 g/mol. The topological polar surface area (TPSA) is 150 Å². The lowest BCUT2D eigenvalue weighted by atomic mass is 9.79. The van der Waals surface area contributed by atoms with Gasteiger partial charge < -0.3 is 24.9 Å². The van der Waals surface area contributed by atoms with Crippen molar-refractivity contribution in [2.45, 2.75) is 25.4 Å². The summed E-state index contributed by atoms with van der Waals surface area (Å²) < 4.78 is 8.88. The van der Waals surface area contributed by atoms with E-state index in [2.05, 4.69) is 39.4 Å². The summed E-state index contributed by atoms with van der Waals surface area (Å²) in [5.41, 5.74) is 6.19. The minimum Gasteiger partial charge on any atom is -0.504 e. The van der Waals surface area contributed by atoms with E-state index in [-0.39, 0.29) is 17.5 Å². The van der Waals surface area contributed by atoms with Crippen LogP contribution in [0.25, 0.3) is 11.3 Å². The Morgan fingerprint density at radius 3 is 2.53 bits per heavy atom. The predicted molar refractivity (Wildman–Crippen MR) is 109 cm³/mol. The summed E-state index contributed by atoms with van der Waals surface area (Å²) in [5, 5.41) is 27.9. The van der Waals surface area contributed by atoms with Gasteiger partial charge in [0, 0.05) is 19.1 Å². The number of nitrogens with one attached hydrogen (secondary N) is 1. The average molecular weight is 431 g/mol. The molecule has 1 atom stereocenters. The molecule has 0 spiro atoms. The number of fused-ring (bicyclic) bond motifs is 2. The van der Waals surface area contributed by atoms with Gasteiger partial charge in [0.15, 0.2) is 11.5 Å². The molecule has 30 heavy (non-hydrogen) atoms. The first-order chi connectivity index (χ1) is 14.2. The summed E-state index contributed by atoms with van der Waals surface area (Å²) in [5.74, 6) is -0.0954. The molecule has 0 bridgehead atoms. The van der Waals surface area contributed by atoms with Gasteiger partial charge in [-0.2, -0.15) is 5.10 Å². The van der Waals surface area contributed by atoms with Crippen LogP contribution in [-0.2, 0) is 24.0 Å². The lowest BCUT2D eigenvalue weighted by Crippen LogP contribution is -2.37. The molecule has 5 rings (SSSR count). The summed E-state index contributed by atoms with van der Waals surface area (Å²) in [7, 11) is -4.64. The van der Waals surface area contributed by atoms with Crippen LogP contribution < -0.4 is 0 Å². The summed E-state index contributed by atoms with van der Waals surface area (Å²) in [6, 6.07) is 12.4. The minimum absolute atomic E-state index is 0.0458. The van der Waals surface area contributed by atoms with Crippen LogP contribution in [0, 0.1) is 0 Å².